The third kappa shape index (κ3) is 4.82. The third-order valence-electron chi connectivity index (χ3n) is 3.68. The molecule has 1 amide bonds. The topological polar surface area (TPSA) is 64.6 Å². The number of anilines is 1. The van der Waals surface area contributed by atoms with E-state index < -0.39 is 12.1 Å². The molecule has 0 radical (unpaired) electrons. The van der Waals surface area contributed by atoms with Crippen LogP contribution in [0, 0.1) is 13.8 Å². The van der Waals surface area contributed by atoms with Crippen molar-refractivity contribution in [2.75, 3.05) is 12.4 Å². The van der Waals surface area contributed by atoms with Gasteiger partial charge in [0.05, 0.1) is 17.1 Å². The normalized spacial score (nSPS) is 11.6. The van der Waals surface area contributed by atoms with E-state index in [4.69, 9.17) is 4.74 Å². The van der Waals surface area contributed by atoms with Gasteiger partial charge in [0, 0.05) is 5.69 Å². The Morgan fingerprint density at radius 1 is 1.12 bits per heavy atom. The van der Waals surface area contributed by atoms with E-state index in [1.165, 1.54) is 7.11 Å². The zero-order valence-electron chi connectivity index (χ0n) is 14.6. The summed E-state index contributed by atoms with van der Waals surface area (Å²) in [6, 6.07) is 10.7. The number of methoxy groups -OCH3 is 1. The Morgan fingerprint density at radius 2 is 1.84 bits per heavy atom. The first-order valence-corrected chi connectivity index (χ1v) is 8.53. The molecule has 0 aliphatic rings. The number of amides is 1. The van der Waals surface area contributed by atoms with Crippen LogP contribution in [0.25, 0.3) is 0 Å². The van der Waals surface area contributed by atoms with Crippen LogP contribution in [0.15, 0.2) is 40.9 Å². The summed E-state index contributed by atoms with van der Waals surface area (Å²) in [5, 5.41) is 2.88. The van der Waals surface area contributed by atoms with Gasteiger partial charge in [-0.2, -0.15) is 0 Å². The van der Waals surface area contributed by atoms with Gasteiger partial charge in [-0.25, -0.2) is 4.79 Å². The van der Waals surface area contributed by atoms with Crippen LogP contribution in [0.4, 0.5) is 5.69 Å². The molecule has 0 bridgehead atoms. The van der Waals surface area contributed by atoms with Gasteiger partial charge >= 0.3 is 5.97 Å². The number of benzene rings is 2. The summed E-state index contributed by atoms with van der Waals surface area (Å²) in [6.45, 7) is 5.57. The number of halogens is 1. The predicted octanol–water partition coefficient (Wildman–Crippen LogP) is 4.26. The first-order valence-electron chi connectivity index (χ1n) is 7.74. The van der Waals surface area contributed by atoms with Crippen molar-refractivity contribution < 1.29 is 19.1 Å². The number of carbonyl (C=O) groups is 2. The van der Waals surface area contributed by atoms with Gasteiger partial charge in [-0.15, -0.1) is 0 Å². The molecule has 0 aliphatic heterocycles. The molecule has 2 aromatic carbocycles. The molecule has 1 atom stereocenters. The Hall–Kier alpha value is -2.34. The lowest BCUT2D eigenvalue weighted by Crippen LogP contribution is -2.30. The van der Waals surface area contributed by atoms with Crippen molar-refractivity contribution in [3.8, 4) is 5.75 Å². The lowest BCUT2D eigenvalue weighted by atomic mass is 10.1. The molecule has 0 fully saturated rings. The quantitative estimate of drug-likeness (QED) is 0.754. The summed E-state index contributed by atoms with van der Waals surface area (Å²) in [6.07, 6.45) is -0.708. The molecule has 2 rings (SSSR count). The lowest BCUT2D eigenvalue weighted by molar-refractivity contribution is -0.122. The average molecular weight is 406 g/mol. The molecule has 132 valence electrons. The van der Waals surface area contributed by atoms with Gasteiger partial charge in [0.2, 0.25) is 0 Å². The number of hydrogen-bond acceptors (Lipinski definition) is 4. The van der Waals surface area contributed by atoms with Crippen molar-refractivity contribution in [1.82, 2.24) is 0 Å². The minimum Gasteiger partial charge on any atom is -0.480 e. The van der Waals surface area contributed by atoms with Crippen LogP contribution in [0.1, 0.15) is 28.4 Å². The van der Waals surface area contributed by atoms with Crippen LogP contribution in [-0.4, -0.2) is 25.1 Å². The minimum absolute atomic E-state index is 0.252. The molecule has 25 heavy (non-hydrogen) atoms. The number of rotatable bonds is 5. The van der Waals surface area contributed by atoms with Gasteiger partial charge in [-0.3, -0.25) is 4.79 Å². The van der Waals surface area contributed by atoms with Crippen LogP contribution in [0.3, 0.4) is 0 Å². The fourth-order valence-corrected chi connectivity index (χ4v) is 2.66. The van der Waals surface area contributed by atoms with E-state index in [9.17, 15) is 9.59 Å². The van der Waals surface area contributed by atoms with E-state index >= 15 is 0 Å². The molecule has 0 heterocycles. The van der Waals surface area contributed by atoms with Crippen LogP contribution < -0.4 is 10.1 Å². The largest absolute Gasteiger partial charge is 0.480 e. The molecule has 2 aromatic rings. The maximum atomic E-state index is 12.4. The van der Waals surface area contributed by atoms with E-state index in [-0.39, 0.29) is 5.91 Å². The van der Waals surface area contributed by atoms with Gasteiger partial charge in [0.15, 0.2) is 6.10 Å². The SMILES string of the molecule is COC(=O)c1ccc(OC(C)C(=O)Nc2cc(C)ccc2C)c(Br)c1. The fraction of sp³-hybridized carbons (Fsp3) is 0.263. The Labute approximate surface area is 155 Å². The molecular formula is C19H20BrNO4. The molecule has 0 saturated carbocycles. The minimum atomic E-state index is -0.708. The van der Waals surface area contributed by atoms with Crippen molar-refractivity contribution in [2.24, 2.45) is 0 Å². The summed E-state index contributed by atoms with van der Waals surface area (Å²) < 4.78 is 11.0. The highest BCUT2D eigenvalue weighted by Gasteiger charge is 2.18. The predicted molar refractivity (Wildman–Crippen MR) is 100 cm³/mol. The second-order valence-electron chi connectivity index (χ2n) is 5.70. The highest BCUT2D eigenvalue weighted by Crippen LogP contribution is 2.27. The van der Waals surface area contributed by atoms with Crippen molar-refractivity contribution >= 4 is 33.5 Å². The van der Waals surface area contributed by atoms with Gasteiger partial charge in [-0.05, 0) is 72.1 Å². The van der Waals surface area contributed by atoms with E-state index in [1.807, 2.05) is 32.0 Å². The van der Waals surface area contributed by atoms with Gasteiger partial charge < -0.3 is 14.8 Å². The first kappa shape index (κ1) is 19.0. The second-order valence-corrected chi connectivity index (χ2v) is 6.56. The van der Waals surface area contributed by atoms with E-state index in [0.29, 0.717) is 15.8 Å². The van der Waals surface area contributed by atoms with Crippen LogP contribution in [0.5, 0.6) is 5.75 Å². The van der Waals surface area contributed by atoms with E-state index in [0.717, 1.165) is 16.8 Å². The van der Waals surface area contributed by atoms with Crippen LogP contribution in [0.2, 0.25) is 0 Å². The summed E-state index contributed by atoms with van der Waals surface area (Å²) >= 11 is 3.35. The Morgan fingerprint density at radius 3 is 2.48 bits per heavy atom. The zero-order chi connectivity index (χ0) is 18.6. The molecule has 0 spiro atoms. The fourth-order valence-electron chi connectivity index (χ4n) is 2.19. The Balaban J connectivity index is 2.08. The van der Waals surface area contributed by atoms with Crippen molar-refractivity contribution in [2.45, 2.75) is 26.9 Å². The standard InChI is InChI=1S/C19H20BrNO4/c1-11-5-6-12(2)16(9-11)21-18(22)13(3)25-17-8-7-14(10-15(17)20)19(23)24-4/h5-10,13H,1-4H3,(H,21,22). The first-order chi connectivity index (χ1) is 11.8. The van der Waals surface area contributed by atoms with E-state index in [1.54, 1.807) is 25.1 Å². The summed E-state index contributed by atoms with van der Waals surface area (Å²) in [5.74, 6) is -0.220. The number of hydrogen-bond donors (Lipinski definition) is 1. The molecule has 0 aliphatic carbocycles. The van der Waals surface area contributed by atoms with Crippen molar-refractivity contribution in [3.63, 3.8) is 0 Å². The molecule has 5 nitrogen and oxygen atoms in total. The number of carbonyl (C=O) groups excluding carboxylic acids is 2. The smallest absolute Gasteiger partial charge is 0.337 e. The number of ether oxygens (including phenoxy) is 2. The van der Waals surface area contributed by atoms with Gasteiger partial charge in [0.25, 0.3) is 5.91 Å². The van der Waals surface area contributed by atoms with Crippen molar-refractivity contribution in [3.05, 3.63) is 57.6 Å². The van der Waals surface area contributed by atoms with Crippen LogP contribution in [-0.2, 0) is 9.53 Å². The van der Waals surface area contributed by atoms with Crippen LogP contribution >= 0.6 is 15.9 Å². The second kappa shape index (κ2) is 8.16. The van der Waals surface area contributed by atoms with Crippen molar-refractivity contribution in [1.29, 1.82) is 0 Å². The lowest BCUT2D eigenvalue weighted by Gasteiger charge is -2.17. The molecular weight excluding hydrogens is 386 g/mol. The summed E-state index contributed by atoms with van der Waals surface area (Å²) in [5.41, 5.74) is 3.21. The Kier molecular flexibility index (Phi) is 6.20. The Bertz CT molecular complexity index is 804. The average Bonchev–Trinajstić information content (AvgIpc) is 2.58. The maximum Gasteiger partial charge on any atom is 0.337 e. The summed E-state index contributed by atoms with van der Waals surface area (Å²) in [4.78, 5) is 23.9. The monoisotopic (exact) mass is 405 g/mol. The van der Waals surface area contributed by atoms with Gasteiger partial charge in [0.1, 0.15) is 5.75 Å². The molecule has 1 N–H and O–H groups in total. The molecule has 0 aromatic heterocycles. The molecule has 6 heteroatoms. The highest BCUT2D eigenvalue weighted by atomic mass is 79.9. The number of nitrogens with one attached hydrogen (secondary N) is 1. The highest BCUT2D eigenvalue weighted by molar-refractivity contribution is 9.10. The zero-order valence-corrected chi connectivity index (χ0v) is 16.1. The van der Waals surface area contributed by atoms with Gasteiger partial charge in [-0.1, -0.05) is 12.1 Å². The van der Waals surface area contributed by atoms with E-state index in [2.05, 4.69) is 26.0 Å². The molecule has 1 unspecified atom stereocenters. The maximum absolute atomic E-state index is 12.4. The molecule has 0 saturated heterocycles. The number of esters is 1. The summed E-state index contributed by atoms with van der Waals surface area (Å²) in [7, 11) is 1.32. The number of aryl methyl sites for hydroxylation is 2. The third-order valence-corrected chi connectivity index (χ3v) is 4.30.